The molecule has 0 bridgehead atoms. The minimum absolute atomic E-state index is 0.0556. The highest BCUT2D eigenvalue weighted by atomic mass is 16.1. The third-order valence-electron chi connectivity index (χ3n) is 6.99. The average Bonchev–Trinajstić information content (AvgIpc) is 3.32. The molecule has 33 heavy (non-hydrogen) atoms. The van der Waals surface area contributed by atoms with Gasteiger partial charge in [-0.3, -0.25) is 9.69 Å². The van der Waals surface area contributed by atoms with Gasteiger partial charge in [-0.2, -0.15) is 0 Å². The van der Waals surface area contributed by atoms with E-state index in [9.17, 15) is 4.79 Å². The molecule has 5 rings (SSSR count). The Labute approximate surface area is 196 Å². The summed E-state index contributed by atoms with van der Waals surface area (Å²) >= 11 is 0. The molecule has 2 heterocycles. The molecule has 1 N–H and O–H groups in total. The highest BCUT2D eigenvalue weighted by molar-refractivity contribution is 5.77. The second-order valence-electron chi connectivity index (χ2n) is 9.62. The van der Waals surface area contributed by atoms with E-state index in [4.69, 9.17) is 0 Å². The topological polar surface area (TPSA) is 63.1 Å². The first kappa shape index (κ1) is 21.8. The Morgan fingerprint density at radius 1 is 1.03 bits per heavy atom. The largest absolute Gasteiger partial charge is 0.346 e. The molecule has 0 saturated heterocycles. The zero-order valence-electron chi connectivity index (χ0n) is 19.8. The van der Waals surface area contributed by atoms with E-state index < -0.39 is 0 Å². The SMILES string of the molecule is CCC(=O)N[C@H](c1nnc2n1CCN(Cc1ccc3c(c1)Cc1ccccc1-3)CC2)C(C)C. The lowest BCUT2D eigenvalue weighted by Gasteiger charge is -2.23. The monoisotopic (exact) mass is 443 g/mol. The number of carbonyl (C=O) groups excluding carboxylic acids is 1. The predicted octanol–water partition coefficient (Wildman–Crippen LogP) is 4.13. The van der Waals surface area contributed by atoms with Gasteiger partial charge < -0.3 is 9.88 Å². The van der Waals surface area contributed by atoms with Crippen LogP contribution in [0.2, 0.25) is 0 Å². The second kappa shape index (κ2) is 9.10. The van der Waals surface area contributed by atoms with Gasteiger partial charge in [-0.1, -0.05) is 63.2 Å². The van der Waals surface area contributed by atoms with Crippen LogP contribution in [0.1, 0.15) is 61.6 Å². The molecule has 6 nitrogen and oxygen atoms in total. The summed E-state index contributed by atoms with van der Waals surface area (Å²) in [6.07, 6.45) is 2.38. The quantitative estimate of drug-likeness (QED) is 0.487. The number of carbonyl (C=O) groups is 1. The van der Waals surface area contributed by atoms with Gasteiger partial charge in [0.25, 0.3) is 0 Å². The second-order valence-corrected chi connectivity index (χ2v) is 9.62. The number of nitrogens with one attached hydrogen (secondary N) is 1. The molecule has 1 aliphatic heterocycles. The van der Waals surface area contributed by atoms with Gasteiger partial charge in [-0.15, -0.1) is 10.2 Å². The number of rotatable bonds is 6. The highest BCUT2D eigenvalue weighted by Crippen LogP contribution is 2.37. The van der Waals surface area contributed by atoms with Crippen LogP contribution in [-0.2, 0) is 30.7 Å². The molecule has 172 valence electrons. The van der Waals surface area contributed by atoms with Crippen molar-refractivity contribution in [1.82, 2.24) is 25.0 Å². The van der Waals surface area contributed by atoms with Crippen LogP contribution < -0.4 is 5.32 Å². The number of aromatic nitrogens is 3. The molecule has 0 spiro atoms. The molecule has 3 aromatic rings. The lowest BCUT2D eigenvalue weighted by Crippen LogP contribution is -2.34. The fourth-order valence-corrected chi connectivity index (χ4v) is 5.14. The van der Waals surface area contributed by atoms with Crippen LogP contribution in [0, 0.1) is 5.92 Å². The molecule has 1 aliphatic carbocycles. The first-order valence-electron chi connectivity index (χ1n) is 12.2. The number of fused-ring (bicyclic) bond motifs is 4. The minimum Gasteiger partial charge on any atom is -0.346 e. The fourth-order valence-electron chi connectivity index (χ4n) is 5.14. The Hall–Kier alpha value is -2.99. The van der Waals surface area contributed by atoms with Gasteiger partial charge in [0.05, 0.1) is 6.04 Å². The lowest BCUT2D eigenvalue weighted by molar-refractivity contribution is -0.121. The van der Waals surface area contributed by atoms with Crippen LogP contribution in [-0.4, -0.2) is 38.7 Å². The van der Waals surface area contributed by atoms with Crippen LogP contribution in [0.5, 0.6) is 0 Å². The van der Waals surface area contributed by atoms with Gasteiger partial charge in [0.15, 0.2) is 5.82 Å². The molecule has 0 unspecified atom stereocenters. The number of amides is 1. The minimum atomic E-state index is -0.108. The summed E-state index contributed by atoms with van der Waals surface area (Å²) in [5.41, 5.74) is 7.01. The van der Waals surface area contributed by atoms with Gasteiger partial charge in [-0.05, 0) is 40.2 Å². The van der Waals surface area contributed by atoms with Crippen LogP contribution >= 0.6 is 0 Å². The van der Waals surface area contributed by atoms with Crippen LogP contribution in [0.25, 0.3) is 11.1 Å². The van der Waals surface area contributed by atoms with Crippen molar-refractivity contribution in [2.75, 3.05) is 13.1 Å². The summed E-state index contributed by atoms with van der Waals surface area (Å²) in [5, 5.41) is 12.1. The van der Waals surface area contributed by atoms with E-state index >= 15 is 0 Å². The Balaban J connectivity index is 1.29. The molecule has 0 radical (unpaired) electrons. The predicted molar refractivity (Wildman–Crippen MR) is 130 cm³/mol. The third-order valence-corrected chi connectivity index (χ3v) is 6.99. The molecule has 2 aromatic carbocycles. The smallest absolute Gasteiger partial charge is 0.220 e. The average molecular weight is 444 g/mol. The third kappa shape index (κ3) is 4.32. The molecule has 1 aromatic heterocycles. The molecule has 1 atom stereocenters. The first-order valence-corrected chi connectivity index (χ1v) is 12.2. The van der Waals surface area contributed by atoms with E-state index in [0.29, 0.717) is 6.42 Å². The lowest BCUT2D eigenvalue weighted by atomic mass is 10.0. The highest BCUT2D eigenvalue weighted by Gasteiger charge is 2.27. The fraction of sp³-hybridized carbons (Fsp3) is 0.444. The van der Waals surface area contributed by atoms with Crippen molar-refractivity contribution in [3.05, 3.63) is 70.8 Å². The molecule has 1 amide bonds. The van der Waals surface area contributed by atoms with Crippen LogP contribution in [0.3, 0.4) is 0 Å². The van der Waals surface area contributed by atoms with E-state index in [1.807, 2.05) is 6.92 Å². The van der Waals surface area contributed by atoms with Crippen molar-refractivity contribution in [3.63, 3.8) is 0 Å². The molecular weight excluding hydrogens is 410 g/mol. The van der Waals surface area contributed by atoms with Crippen LogP contribution in [0.15, 0.2) is 42.5 Å². The van der Waals surface area contributed by atoms with Crippen molar-refractivity contribution >= 4 is 5.91 Å². The van der Waals surface area contributed by atoms with Crippen molar-refractivity contribution < 1.29 is 4.79 Å². The molecule has 0 saturated carbocycles. The van der Waals surface area contributed by atoms with E-state index in [1.54, 1.807) is 0 Å². The van der Waals surface area contributed by atoms with Gasteiger partial charge in [0, 0.05) is 39.0 Å². The summed E-state index contributed by atoms with van der Waals surface area (Å²) in [6.45, 7) is 9.82. The zero-order valence-corrected chi connectivity index (χ0v) is 19.8. The Morgan fingerprint density at radius 3 is 2.67 bits per heavy atom. The molecule has 2 aliphatic rings. The van der Waals surface area contributed by atoms with Gasteiger partial charge in [0.1, 0.15) is 5.82 Å². The van der Waals surface area contributed by atoms with E-state index in [2.05, 4.69) is 81.3 Å². The maximum Gasteiger partial charge on any atom is 0.220 e. The first-order chi connectivity index (χ1) is 16.0. The molecular formula is C27H33N5O. The Morgan fingerprint density at radius 2 is 1.85 bits per heavy atom. The zero-order chi connectivity index (χ0) is 22.9. The number of benzene rings is 2. The maximum atomic E-state index is 12.1. The van der Waals surface area contributed by atoms with Crippen LogP contribution in [0.4, 0.5) is 0 Å². The van der Waals surface area contributed by atoms with Crippen molar-refractivity contribution in [3.8, 4) is 11.1 Å². The number of hydrogen-bond donors (Lipinski definition) is 1. The summed E-state index contributed by atoms with van der Waals surface area (Å²) in [7, 11) is 0. The van der Waals surface area contributed by atoms with Gasteiger partial charge in [0.2, 0.25) is 5.91 Å². The molecule has 6 heteroatoms. The summed E-state index contributed by atoms with van der Waals surface area (Å²) in [5.74, 6) is 2.22. The van der Waals surface area contributed by atoms with Crippen molar-refractivity contribution in [2.24, 2.45) is 5.92 Å². The van der Waals surface area contributed by atoms with Crippen molar-refractivity contribution in [1.29, 1.82) is 0 Å². The number of nitrogens with zero attached hydrogens (tertiary/aromatic N) is 4. The summed E-state index contributed by atoms with van der Waals surface area (Å²) in [6, 6.07) is 15.6. The summed E-state index contributed by atoms with van der Waals surface area (Å²) in [4.78, 5) is 14.6. The summed E-state index contributed by atoms with van der Waals surface area (Å²) < 4.78 is 2.24. The maximum absolute atomic E-state index is 12.1. The Bertz CT molecular complexity index is 1170. The van der Waals surface area contributed by atoms with Gasteiger partial charge in [-0.25, -0.2) is 0 Å². The number of hydrogen-bond acceptors (Lipinski definition) is 4. The van der Waals surface area contributed by atoms with E-state index in [-0.39, 0.29) is 17.9 Å². The Kier molecular flexibility index (Phi) is 6.02. The van der Waals surface area contributed by atoms with Crippen molar-refractivity contribution in [2.45, 2.75) is 59.2 Å². The van der Waals surface area contributed by atoms with E-state index in [1.165, 1.54) is 27.8 Å². The normalized spacial score (nSPS) is 16.1. The standard InChI is InChI=1S/C27H33N5O/c1-4-25(33)28-26(18(2)3)27-30-29-24-11-12-31(13-14-32(24)27)17-19-9-10-23-21(15-19)16-20-7-5-6-8-22(20)23/h5-10,15,18,26H,4,11-14,16-17H2,1-3H3,(H,28,33)/t26-/m0/s1. The van der Waals surface area contributed by atoms with E-state index in [0.717, 1.165) is 50.7 Å². The van der Waals surface area contributed by atoms with Gasteiger partial charge >= 0.3 is 0 Å². The molecule has 0 fully saturated rings.